The summed E-state index contributed by atoms with van der Waals surface area (Å²) in [5, 5.41) is 3.01. The van der Waals surface area contributed by atoms with E-state index in [1.807, 2.05) is 55.5 Å². The fourth-order valence-electron chi connectivity index (χ4n) is 3.72. The van der Waals surface area contributed by atoms with Crippen LogP contribution in [-0.2, 0) is 13.0 Å². The summed E-state index contributed by atoms with van der Waals surface area (Å²) in [6.07, 6.45) is 0.649. The molecule has 0 unspecified atom stereocenters. The van der Waals surface area contributed by atoms with Crippen molar-refractivity contribution in [1.82, 2.24) is 14.9 Å². The van der Waals surface area contributed by atoms with Crippen molar-refractivity contribution in [2.45, 2.75) is 33.7 Å². The Morgan fingerprint density at radius 2 is 1.75 bits per heavy atom. The maximum absolute atomic E-state index is 12.4. The molecular formula is C27H29N3O2. The van der Waals surface area contributed by atoms with E-state index in [4.69, 9.17) is 9.72 Å². The van der Waals surface area contributed by atoms with Gasteiger partial charge in [0.25, 0.3) is 5.91 Å². The highest BCUT2D eigenvalue weighted by molar-refractivity contribution is 5.94. The first-order valence-electron chi connectivity index (χ1n) is 11.0. The molecule has 5 heteroatoms. The van der Waals surface area contributed by atoms with Crippen molar-refractivity contribution in [3.05, 3.63) is 94.8 Å². The Bertz CT molecular complexity index is 1230. The van der Waals surface area contributed by atoms with Gasteiger partial charge < -0.3 is 14.6 Å². The second-order valence-corrected chi connectivity index (χ2v) is 8.13. The molecule has 3 aromatic carbocycles. The number of nitrogens with one attached hydrogen (secondary N) is 1. The summed E-state index contributed by atoms with van der Waals surface area (Å²) in [6.45, 7) is 7.96. The average molecular weight is 428 g/mol. The predicted molar refractivity (Wildman–Crippen MR) is 128 cm³/mol. The Balaban J connectivity index is 1.42. The van der Waals surface area contributed by atoms with Gasteiger partial charge in [-0.2, -0.15) is 0 Å². The van der Waals surface area contributed by atoms with Crippen LogP contribution < -0.4 is 10.1 Å². The van der Waals surface area contributed by atoms with Crippen LogP contribution in [-0.4, -0.2) is 28.6 Å². The van der Waals surface area contributed by atoms with Crippen molar-refractivity contribution in [3.8, 4) is 5.75 Å². The van der Waals surface area contributed by atoms with E-state index in [-0.39, 0.29) is 5.91 Å². The first kappa shape index (κ1) is 21.6. The summed E-state index contributed by atoms with van der Waals surface area (Å²) in [4.78, 5) is 17.2. The molecule has 0 bridgehead atoms. The fourth-order valence-corrected chi connectivity index (χ4v) is 3.72. The number of carbonyl (C=O) groups is 1. The zero-order valence-electron chi connectivity index (χ0n) is 18.9. The third-order valence-corrected chi connectivity index (χ3v) is 5.74. The zero-order chi connectivity index (χ0) is 22.5. The van der Waals surface area contributed by atoms with E-state index >= 15 is 0 Å². The summed E-state index contributed by atoms with van der Waals surface area (Å²) < 4.78 is 8.20. The molecule has 0 saturated carbocycles. The van der Waals surface area contributed by atoms with Gasteiger partial charge in [-0.05, 0) is 68.3 Å². The number of fused-ring (bicyclic) bond motifs is 1. The fraction of sp³-hybridized carbons (Fsp3) is 0.259. The van der Waals surface area contributed by atoms with Crippen molar-refractivity contribution in [1.29, 1.82) is 0 Å². The molecule has 1 aromatic heterocycles. The van der Waals surface area contributed by atoms with E-state index in [1.54, 1.807) is 0 Å². The summed E-state index contributed by atoms with van der Waals surface area (Å²) in [6, 6.07) is 21.9. The molecule has 0 aliphatic rings. The summed E-state index contributed by atoms with van der Waals surface area (Å²) in [5.74, 6) is 1.76. The lowest BCUT2D eigenvalue weighted by atomic mass is 10.1. The number of imidazole rings is 1. The molecule has 32 heavy (non-hydrogen) atoms. The van der Waals surface area contributed by atoms with Gasteiger partial charge in [0.1, 0.15) is 18.2 Å². The third-order valence-electron chi connectivity index (χ3n) is 5.74. The lowest BCUT2D eigenvalue weighted by molar-refractivity contribution is 0.0954. The SMILES string of the molecule is Cc1ccc(C(=O)NCCc2nc3ccccc3n2CCOc2ccc(C)c(C)c2)cc1. The third kappa shape index (κ3) is 4.99. The molecule has 164 valence electrons. The van der Waals surface area contributed by atoms with Crippen molar-refractivity contribution >= 4 is 16.9 Å². The number of benzene rings is 3. The number of hydrogen-bond acceptors (Lipinski definition) is 3. The van der Waals surface area contributed by atoms with Gasteiger partial charge in [0, 0.05) is 18.5 Å². The smallest absolute Gasteiger partial charge is 0.251 e. The number of ether oxygens (including phenoxy) is 1. The zero-order valence-corrected chi connectivity index (χ0v) is 18.9. The molecule has 4 rings (SSSR count). The van der Waals surface area contributed by atoms with Gasteiger partial charge in [-0.1, -0.05) is 35.9 Å². The molecule has 0 fully saturated rings. The monoisotopic (exact) mass is 427 g/mol. The number of aryl methyl sites for hydroxylation is 3. The maximum Gasteiger partial charge on any atom is 0.251 e. The standard InChI is InChI=1S/C27H29N3O2/c1-19-8-11-22(12-9-19)27(31)28-15-14-26-29-24-6-4-5-7-25(24)30(26)16-17-32-23-13-10-20(2)21(3)18-23/h4-13,18H,14-17H2,1-3H3,(H,28,31). The lowest BCUT2D eigenvalue weighted by Crippen LogP contribution is -2.26. The predicted octanol–water partition coefficient (Wildman–Crippen LogP) is 5.01. The Hall–Kier alpha value is -3.60. The number of aromatic nitrogens is 2. The van der Waals surface area contributed by atoms with Crippen LogP contribution in [0.25, 0.3) is 11.0 Å². The highest BCUT2D eigenvalue weighted by Gasteiger charge is 2.12. The van der Waals surface area contributed by atoms with Crippen molar-refractivity contribution < 1.29 is 9.53 Å². The molecule has 0 spiro atoms. The number of nitrogens with zero attached hydrogens (tertiary/aromatic N) is 2. The van der Waals surface area contributed by atoms with Gasteiger partial charge in [-0.25, -0.2) is 4.98 Å². The molecule has 0 aliphatic carbocycles. The number of rotatable bonds is 8. The Morgan fingerprint density at radius 3 is 2.53 bits per heavy atom. The highest BCUT2D eigenvalue weighted by Crippen LogP contribution is 2.19. The number of carbonyl (C=O) groups excluding carboxylic acids is 1. The molecule has 1 amide bonds. The van der Waals surface area contributed by atoms with E-state index < -0.39 is 0 Å². The van der Waals surface area contributed by atoms with Gasteiger partial charge >= 0.3 is 0 Å². The number of amides is 1. The van der Waals surface area contributed by atoms with E-state index in [0.29, 0.717) is 31.7 Å². The minimum atomic E-state index is -0.0641. The lowest BCUT2D eigenvalue weighted by Gasteiger charge is -2.12. The molecule has 5 nitrogen and oxygen atoms in total. The Kier molecular flexibility index (Phi) is 6.55. The maximum atomic E-state index is 12.4. The van der Waals surface area contributed by atoms with Crippen molar-refractivity contribution in [3.63, 3.8) is 0 Å². The molecular weight excluding hydrogens is 398 g/mol. The molecule has 1 heterocycles. The Morgan fingerprint density at radius 1 is 0.969 bits per heavy atom. The molecule has 4 aromatic rings. The van der Waals surface area contributed by atoms with Gasteiger partial charge in [0.15, 0.2) is 0 Å². The summed E-state index contributed by atoms with van der Waals surface area (Å²) in [7, 11) is 0. The second-order valence-electron chi connectivity index (χ2n) is 8.13. The first-order chi connectivity index (χ1) is 15.5. The summed E-state index contributed by atoms with van der Waals surface area (Å²) in [5.41, 5.74) is 6.33. The van der Waals surface area contributed by atoms with Crippen LogP contribution in [0.1, 0.15) is 32.9 Å². The molecule has 0 atom stereocenters. The largest absolute Gasteiger partial charge is 0.492 e. The van der Waals surface area contributed by atoms with Crippen LogP contribution in [0.4, 0.5) is 0 Å². The van der Waals surface area contributed by atoms with Crippen LogP contribution in [0, 0.1) is 20.8 Å². The Labute approximate surface area is 189 Å². The van der Waals surface area contributed by atoms with Gasteiger partial charge in [0.2, 0.25) is 0 Å². The number of para-hydroxylation sites is 2. The highest BCUT2D eigenvalue weighted by atomic mass is 16.5. The van der Waals surface area contributed by atoms with Crippen LogP contribution in [0.5, 0.6) is 5.75 Å². The quantitative estimate of drug-likeness (QED) is 0.430. The minimum absolute atomic E-state index is 0.0641. The van der Waals surface area contributed by atoms with E-state index in [0.717, 1.165) is 28.2 Å². The molecule has 0 radical (unpaired) electrons. The number of hydrogen-bond donors (Lipinski definition) is 1. The van der Waals surface area contributed by atoms with Gasteiger partial charge in [-0.3, -0.25) is 4.79 Å². The van der Waals surface area contributed by atoms with E-state index in [2.05, 4.69) is 41.9 Å². The van der Waals surface area contributed by atoms with Gasteiger partial charge in [-0.15, -0.1) is 0 Å². The normalized spacial score (nSPS) is 11.0. The molecule has 0 aliphatic heterocycles. The van der Waals surface area contributed by atoms with Crippen molar-refractivity contribution in [2.75, 3.05) is 13.2 Å². The average Bonchev–Trinajstić information content (AvgIpc) is 3.14. The van der Waals surface area contributed by atoms with Crippen LogP contribution in [0.3, 0.4) is 0 Å². The summed E-state index contributed by atoms with van der Waals surface area (Å²) >= 11 is 0. The van der Waals surface area contributed by atoms with Crippen LogP contribution >= 0.6 is 0 Å². The van der Waals surface area contributed by atoms with Crippen molar-refractivity contribution in [2.24, 2.45) is 0 Å². The molecule has 1 N–H and O–H groups in total. The molecule has 0 saturated heterocycles. The van der Waals surface area contributed by atoms with Gasteiger partial charge in [0.05, 0.1) is 17.6 Å². The topological polar surface area (TPSA) is 56.2 Å². The van der Waals surface area contributed by atoms with Crippen LogP contribution in [0.2, 0.25) is 0 Å². The first-order valence-corrected chi connectivity index (χ1v) is 11.0. The van der Waals surface area contributed by atoms with E-state index in [1.165, 1.54) is 11.1 Å². The van der Waals surface area contributed by atoms with Crippen LogP contribution in [0.15, 0.2) is 66.7 Å². The van der Waals surface area contributed by atoms with E-state index in [9.17, 15) is 4.79 Å². The minimum Gasteiger partial charge on any atom is -0.492 e. The second kappa shape index (κ2) is 9.69.